The van der Waals surface area contributed by atoms with Crippen LogP contribution in [0.2, 0.25) is 5.02 Å². The molecule has 4 aromatic rings. The van der Waals surface area contributed by atoms with Gasteiger partial charge < -0.3 is 14.3 Å². The van der Waals surface area contributed by atoms with Crippen LogP contribution in [0.25, 0.3) is 33.5 Å². The molecule has 0 amide bonds. The molecular formula is C18H10ClN2O3S-. The molecule has 124 valence electrons. The Morgan fingerprint density at radius 2 is 1.88 bits per heavy atom. The number of carbonyl (C=O) groups excluding carboxylic acids is 1. The van der Waals surface area contributed by atoms with Gasteiger partial charge in [-0.05, 0) is 36.4 Å². The molecule has 7 heteroatoms. The number of rotatable bonds is 4. The summed E-state index contributed by atoms with van der Waals surface area (Å²) in [5, 5.41) is 12.8. The van der Waals surface area contributed by atoms with Crippen molar-refractivity contribution >= 4 is 51.4 Å². The van der Waals surface area contributed by atoms with Crippen molar-refractivity contribution in [2.75, 3.05) is 5.75 Å². The van der Waals surface area contributed by atoms with Crippen LogP contribution in [0.15, 0.2) is 58.0 Å². The van der Waals surface area contributed by atoms with Gasteiger partial charge in [-0.3, -0.25) is 0 Å². The highest BCUT2D eigenvalue weighted by atomic mass is 35.5. The normalized spacial score (nSPS) is 11.2. The Kier molecular flexibility index (Phi) is 4.07. The molecule has 0 unspecified atom stereocenters. The minimum Gasteiger partial charge on any atom is -0.549 e. The van der Waals surface area contributed by atoms with Crippen LogP contribution in [-0.4, -0.2) is 21.7 Å². The molecule has 2 aromatic carbocycles. The van der Waals surface area contributed by atoms with Gasteiger partial charge >= 0.3 is 0 Å². The number of carbonyl (C=O) groups is 1. The predicted octanol–water partition coefficient (Wildman–Crippen LogP) is 3.54. The van der Waals surface area contributed by atoms with E-state index in [-0.39, 0.29) is 5.75 Å². The molecule has 2 heterocycles. The van der Waals surface area contributed by atoms with Crippen molar-refractivity contribution in [2.24, 2.45) is 0 Å². The van der Waals surface area contributed by atoms with E-state index in [0.29, 0.717) is 32.6 Å². The number of halogens is 1. The number of benzene rings is 2. The first kappa shape index (κ1) is 15.9. The molecule has 0 atom stereocenters. The molecule has 0 bridgehead atoms. The van der Waals surface area contributed by atoms with Crippen LogP contribution in [-0.2, 0) is 4.79 Å². The predicted molar refractivity (Wildman–Crippen MR) is 95.5 cm³/mol. The quantitative estimate of drug-likeness (QED) is 0.404. The second-order valence-electron chi connectivity index (χ2n) is 5.30. The van der Waals surface area contributed by atoms with E-state index >= 15 is 0 Å². The van der Waals surface area contributed by atoms with E-state index in [1.807, 2.05) is 36.4 Å². The molecule has 0 aliphatic heterocycles. The Morgan fingerprint density at radius 1 is 1.12 bits per heavy atom. The SMILES string of the molecule is O=C([O-])CSc1nc(-c2ccc(Cl)cc2)nc2c1oc1ccccc12. The summed E-state index contributed by atoms with van der Waals surface area (Å²) in [4.78, 5) is 20.0. The van der Waals surface area contributed by atoms with Crippen LogP contribution < -0.4 is 5.11 Å². The molecule has 0 fully saturated rings. The van der Waals surface area contributed by atoms with Gasteiger partial charge in [-0.2, -0.15) is 0 Å². The second kappa shape index (κ2) is 6.38. The monoisotopic (exact) mass is 369 g/mol. The van der Waals surface area contributed by atoms with Gasteiger partial charge in [0.25, 0.3) is 0 Å². The first-order valence-corrected chi connectivity index (χ1v) is 8.76. The van der Waals surface area contributed by atoms with Gasteiger partial charge in [-0.25, -0.2) is 9.97 Å². The number of aliphatic carboxylic acids is 1. The molecule has 0 N–H and O–H groups in total. The topological polar surface area (TPSA) is 79.0 Å². The second-order valence-corrected chi connectivity index (χ2v) is 6.70. The van der Waals surface area contributed by atoms with Gasteiger partial charge in [0.15, 0.2) is 11.4 Å². The van der Waals surface area contributed by atoms with Crippen LogP contribution in [0.1, 0.15) is 0 Å². The summed E-state index contributed by atoms with van der Waals surface area (Å²) in [6.45, 7) is 0. The first-order chi connectivity index (χ1) is 12.1. The Hall–Kier alpha value is -2.57. The Labute approximate surface area is 151 Å². The fourth-order valence-corrected chi connectivity index (χ4v) is 3.32. The van der Waals surface area contributed by atoms with Crippen LogP contribution in [0.4, 0.5) is 0 Å². The number of carboxylic acid groups (broad SMARTS) is 1. The van der Waals surface area contributed by atoms with Gasteiger partial charge in [0, 0.05) is 21.7 Å². The Bertz CT molecular complexity index is 1090. The van der Waals surface area contributed by atoms with Crippen molar-refractivity contribution in [1.82, 2.24) is 9.97 Å². The van der Waals surface area contributed by atoms with E-state index in [2.05, 4.69) is 9.97 Å². The number of para-hydroxylation sites is 1. The average Bonchev–Trinajstić information content (AvgIpc) is 2.99. The molecule has 0 spiro atoms. The smallest absolute Gasteiger partial charge is 0.186 e. The fourth-order valence-electron chi connectivity index (χ4n) is 2.52. The highest BCUT2D eigenvalue weighted by Crippen LogP contribution is 2.34. The van der Waals surface area contributed by atoms with Gasteiger partial charge in [0.05, 0.1) is 5.97 Å². The zero-order chi connectivity index (χ0) is 17.4. The minimum atomic E-state index is -1.17. The molecule has 0 aliphatic rings. The zero-order valence-electron chi connectivity index (χ0n) is 12.7. The van der Waals surface area contributed by atoms with E-state index in [4.69, 9.17) is 16.0 Å². The third kappa shape index (κ3) is 3.06. The van der Waals surface area contributed by atoms with Crippen molar-refractivity contribution in [3.8, 4) is 11.4 Å². The van der Waals surface area contributed by atoms with Crippen molar-refractivity contribution in [3.05, 3.63) is 53.6 Å². The summed E-state index contributed by atoms with van der Waals surface area (Å²) in [7, 11) is 0. The maximum Gasteiger partial charge on any atom is 0.186 e. The summed E-state index contributed by atoms with van der Waals surface area (Å²) in [6, 6.07) is 14.7. The van der Waals surface area contributed by atoms with Crippen LogP contribution >= 0.6 is 23.4 Å². The van der Waals surface area contributed by atoms with E-state index in [9.17, 15) is 9.90 Å². The molecule has 5 nitrogen and oxygen atoms in total. The Morgan fingerprint density at radius 3 is 2.64 bits per heavy atom. The molecule has 25 heavy (non-hydrogen) atoms. The number of nitrogens with zero attached hydrogens (tertiary/aromatic N) is 2. The van der Waals surface area contributed by atoms with Crippen molar-refractivity contribution in [3.63, 3.8) is 0 Å². The summed E-state index contributed by atoms with van der Waals surface area (Å²) in [6.07, 6.45) is 0. The van der Waals surface area contributed by atoms with Crippen LogP contribution in [0.5, 0.6) is 0 Å². The van der Waals surface area contributed by atoms with Gasteiger partial charge in [0.1, 0.15) is 16.1 Å². The van der Waals surface area contributed by atoms with E-state index in [0.717, 1.165) is 22.7 Å². The lowest BCUT2D eigenvalue weighted by atomic mass is 10.2. The van der Waals surface area contributed by atoms with Crippen LogP contribution in [0.3, 0.4) is 0 Å². The highest BCUT2D eigenvalue weighted by molar-refractivity contribution is 8.00. The van der Waals surface area contributed by atoms with Crippen LogP contribution in [0, 0.1) is 0 Å². The maximum atomic E-state index is 10.9. The Balaban J connectivity index is 1.95. The largest absolute Gasteiger partial charge is 0.549 e. The van der Waals surface area contributed by atoms with E-state index in [1.165, 1.54) is 0 Å². The van der Waals surface area contributed by atoms with Crippen molar-refractivity contribution in [2.45, 2.75) is 5.03 Å². The molecule has 2 aromatic heterocycles. The standard InChI is InChI=1S/C18H11ClN2O3S/c19-11-7-5-10(6-8-11)17-20-15-12-3-1-2-4-13(12)24-16(15)18(21-17)25-9-14(22)23/h1-8H,9H2,(H,22,23)/p-1. The molecule has 0 radical (unpaired) electrons. The third-order valence-corrected chi connectivity index (χ3v) is 4.80. The summed E-state index contributed by atoms with van der Waals surface area (Å²) >= 11 is 6.99. The number of hydrogen-bond donors (Lipinski definition) is 0. The first-order valence-electron chi connectivity index (χ1n) is 7.39. The van der Waals surface area contributed by atoms with Crippen molar-refractivity contribution in [1.29, 1.82) is 0 Å². The fraction of sp³-hybridized carbons (Fsp3) is 0.0556. The summed E-state index contributed by atoms with van der Waals surface area (Å²) in [5.41, 5.74) is 2.59. The molecule has 4 rings (SSSR count). The number of fused-ring (bicyclic) bond motifs is 3. The lowest BCUT2D eigenvalue weighted by Crippen LogP contribution is -2.24. The maximum absolute atomic E-state index is 10.9. The van der Waals surface area contributed by atoms with Gasteiger partial charge in [0.2, 0.25) is 0 Å². The number of hydrogen-bond acceptors (Lipinski definition) is 6. The number of thioether (sulfide) groups is 1. The lowest BCUT2D eigenvalue weighted by Gasteiger charge is -2.06. The molecule has 0 saturated carbocycles. The molecule has 0 aliphatic carbocycles. The van der Waals surface area contributed by atoms with Gasteiger partial charge in [-0.1, -0.05) is 35.5 Å². The minimum absolute atomic E-state index is 0.219. The van der Waals surface area contributed by atoms with Gasteiger partial charge in [-0.15, -0.1) is 0 Å². The summed E-state index contributed by atoms with van der Waals surface area (Å²) in [5.74, 6) is -0.902. The third-order valence-electron chi connectivity index (χ3n) is 3.62. The highest BCUT2D eigenvalue weighted by Gasteiger charge is 2.17. The van der Waals surface area contributed by atoms with Crippen molar-refractivity contribution < 1.29 is 14.3 Å². The molecular weight excluding hydrogens is 360 g/mol. The zero-order valence-corrected chi connectivity index (χ0v) is 14.3. The summed E-state index contributed by atoms with van der Waals surface area (Å²) < 4.78 is 5.85. The molecule has 0 saturated heterocycles. The number of carboxylic acids is 1. The van der Waals surface area contributed by atoms with E-state index < -0.39 is 5.97 Å². The van der Waals surface area contributed by atoms with E-state index in [1.54, 1.807) is 12.1 Å². The average molecular weight is 370 g/mol. The lowest BCUT2D eigenvalue weighted by molar-refractivity contribution is -0.301. The number of aromatic nitrogens is 2. The number of furan rings is 1.